The fraction of sp³-hybridized carbons (Fsp3) is 0.370. The van der Waals surface area contributed by atoms with Crippen LogP contribution in [0.3, 0.4) is 0 Å². The molecule has 2 aromatic carbocycles. The average molecular weight is 424 g/mol. The molecule has 0 atom stereocenters. The van der Waals surface area contributed by atoms with Gasteiger partial charge in [0, 0.05) is 31.4 Å². The first kappa shape index (κ1) is 21.8. The van der Waals surface area contributed by atoms with E-state index in [0.717, 1.165) is 51.9 Å². The highest BCUT2D eigenvalue weighted by Gasteiger charge is 2.34. The third kappa shape index (κ3) is 5.25. The van der Waals surface area contributed by atoms with Crippen LogP contribution in [0.1, 0.15) is 35.2 Å². The van der Waals surface area contributed by atoms with E-state index >= 15 is 0 Å². The van der Waals surface area contributed by atoms with Crippen molar-refractivity contribution in [2.24, 2.45) is 5.41 Å². The Morgan fingerprint density at radius 1 is 1.12 bits per heavy atom. The highest BCUT2D eigenvalue weighted by atomic mass is 15.1. The Bertz CT molecular complexity index is 1120. The molecule has 2 heterocycles. The second-order valence-electron chi connectivity index (χ2n) is 8.94. The van der Waals surface area contributed by atoms with Crippen molar-refractivity contribution in [1.29, 1.82) is 5.26 Å². The van der Waals surface area contributed by atoms with Crippen molar-refractivity contribution >= 4 is 5.69 Å². The van der Waals surface area contributed by atoms with Gasteiger partial charge in [-0.05, 0) is 50.4 Å². The lowest BCUT2D eigenvalue weighted by molar-refractivity contribution is 0.145. The van der Waals surface area contributed by atoms with Gasteiger partial charge in [0.05, 0.1) is 24.4 Å². The Kier molecular flexibility index (Phi) is 6.69. The summed E-state index contributed by atoms with van der Waals surface area (Å²) < 4.78 is 2.19. The second-order valence-corrected chi connectivity index (χ2v) is 8.94. The molecular weight excluding hydrogens is 394 g/mol. The van der Waals surface area contributed by atoms with Crippen molar-refractivity contribution in [2.45, 2.75) is 39.2 Å². The maximum Gasteiger partial charge on any atom is 0.187 e. The molecule has 1 saturated heterocycles. The molecule has 1 aliphatic heterocycles. The molecule has 0 radical (unpaired) electrons. The number of rotatable bonds is 7. The summed E-state index contributed by atoms with van der Waals surface area (Å²) in [4.78, 5) is 10.3. The smallest absolute Gasteiger partial charge is 0.187 e. The Labute approximate surface area is 190 Å². The van der Waals surface area contributed by atoms with E-state index < -0.39 is 0 Å². The van der Waals surface area contributed by atoms with Crippen molar-refractivity contribution in [2.75, 3.05) is 19.6 Å². The van der Waals surface area contributed by atoms with Gasteiger partial charge < -0.3 is 9.47 Å². The summed E-state index contributed by atoms with van der Waals surface area (Å²) in [5, 5.41) is 9.95. The number of piperidine rings is 1. The third-order valence-corrected chi connectivity index (χ3v) is 6.58. The van der Waals surface area contributed by atoms with Gasteiger partial charge in [-0.2, -0.15) is 5.26 Å². The van der Waals surface area contributed by atoms with E-state index in [4.69, 9.17) is 6.57 Å². The Balaban J connectivity index is 1.31. The van der Waals surface area contributed by atoms with Crippen LogP contribution in [-0.4, -0.2) is 34.1 Å². The largest absolute Gasteiger partial charge is 0.330 e. The zero-order chi connectivity index (χ0) is 22.4. The molecule has 162 valence electrons. The van der Waals surface area contributed by atoms with Gasteiger partial charge in [0.15, 0.2) is 5.69 Å². The zero-order valence-corrected chi connectivity index (χ0v) is 18.7. The van der Waals surface area contributed by atoms with Crippen molar-refractivity contribution in [1.82, 2.24) is 14.5 Å². The van der Waals surface area contributed by atoms with Crippen LogP contribution in [0.25, 0.3) is 4.85 Å². The van der Waals surface area contributed by atoms with E-state index in [9.17, 15) is 5.26 Å². The molecule has 0 bridgehead atoms. The van der Waals surface area contributed by atoms with Crippen LogP contribution in [0.5, 0.6) is 0 Å². The van der Waals surface area contributed by atoms with Gasteiger partial charge in [0.2, 0.25) is 0 Å². The number of imidazole rings is 1. The maximum atomic E-state index is 9.95. The molecule has 4 rings (SSSR count). The van der Waals surface area contributed by atoms with E-state index in [2.05, 4.69) is 56.6 Å². The monoisotopic (exact) mass is 423 g/mol. The van der Waals surface area contributed by atoms with Gasteiger partial charge in [-0.3, -0.25) is 0 Å². The first-order valence-electron chi connectivity index (χ1n) is 11.2. The molecule has 1 aromatic heterocycles. The summed E-state index contributed by atoms with van der Waals surface area (Å²) >= 11 is 0. The standard InChI is InChI=1S/C27H29N5/c1-22-4-3-5-24(16-22)17-27(20-28)11-14-31(15-12-27)13-10-26-18-30-21-32(26)19-23-6-8-25(29-2)9-7-23/h3-9,16,18,21H,10-15,17,19H2,1H3. The first-order chi connectivity index (χ1) is 15.6. The van der Waals surface area contributed by atoms with Gasteiger partial charge in [0.25, 0.3) is 0 Å². The highest BCUT2D eigenvalue weighted by molar-refractivity contribution is 5.45. The Morgan fingerprint density at radius 3 is 2.59 bits per heavy atom. The quantitative estimate of drug-likeness (QED) is 0.492. The summed E-state index contributed by atoms with van der Waals surface area (Å²) in [6.07, 6.45) is 7.47. The summed E-state index contributed by atoms with van der Waals surface area (Å²) in [5.41, 5.74) is 5.34. The molecule has 0 amide bonds. The van der Waals surface area contributed by atoms with Crippen LogP contribution in [0.4, 0.5) is 5.69 Å². The number of hydrogen-bond donors (Lipinski definition) is 0. The number of likely N-dealkylation sites (tertiary alicyclic amines) is 1. The van der Waals surface area contributed by atoms with Crippen molar-refractivity contribution in [3.8, 4) is 6.07 Å². The molecule has 5 nitrogen and oxygen atoms in total. The average Bonchev–Trinajstić information content (AvgIpc) is 3.26. The number of benzene rings is 2. The molecule has 3 aromatic rings. The summed E-state index contributed by atoms with van der Waals surface area (Å²) in [7, 11) is 0. The van der Waals surface area contributed by atoms with Crippen LogP contribution >= 0.6 is 0 Å². The Hall–Kier alpha value is -3.41. The normalized spacial score (nSPS) is 15.7. The minimum Gasteiger partial charge on any atom is -0.330 e. The number of hydrogen-bond acceptors (Lipinski definition) is 3. The molecule has 5 heteroatoms. The fourth-order valence-corrected chi connectivity index (χ4v) is 4.59. The summed E-state index contributed by atoms with van der Waals surface area (Å²) in [6.45, 7) is 12.9. The summed E-state index contributed by atoms with van der Waals surface area (Å²) in [6, 6.07) is 19.0. The van der Waals surface area contributed by atoms with Gasteiger partial charge in [-0.1, -0.05) is 54.1 Å². The lowest BCUT2D eigenvalue weighted by Gasteiger charge is -2.37. The molecule has 32 heavy (non-hydrogen) atoms. The van der Waals surface area contributed by atoms with Gasteiger partial charge in [-0.15, -0.1) is 0 Å². The maximum absolute atomic E-state index is 9.95. The predicted octanol–water partition coefficient (Wildman–Crippen LogP) is 5.18. The van der Waals surface area contributed by atoms with Crippen molar-refractivity contribution < 1.29 is 0 Å². The lowest BCUT2D eigenvalue weighted by Crippen LogP contribution is -2.41. The number of aromatic nitrogens is 2. The third-order valence-electron chi connectivity index (χ3n) is 6.58. The van der Waals surface area contributed by atoms with Gasteiger partial charge in [-0.25, -0.2) is 9.83 Å². The molecule has 0 aliphatic carbocycles. The number of nitriles is 1. The van der Waals surface area contributed by atoms with Crippen LogP contribution < -0.4 is 0 Å². The van der Waals surface area contributed by atoms with Crippen LogP contribution in [0.15, 0.2) is 61.1 Å². The van der Waals surface area contributed by atoms with Crippen LogP contribution in [0.2, 0.25) is 0 Å². The second kappa shape index (κ2) is 9.81. The lowest BCUT2D eigenvalue weighted by atomic mass is 9.75. The predicted molar refractivity (Wildman–Crippen MR) is 126 cm³/mol. The highest BCUT2D eigenvalue weighted by Crippen LogP contribution is 2.34. The SMILES string of the molecule is [C-]#[N+]c1ccc(Cn2cncc2CCN2CCC(C#N)(Cc3cccc(C)c3)CC2)cc1. The van der Waals surface area contributed by atoms with E-state index in [1.807, 2.05) is 36.8 Å². The van der Waals surface area contributed by atoms with E-state index in [-0.39, 0.29) is 5.41 Å². The number of aryl methyl sites for hydroxylation is 1. The van der Waals surface area contributed by atoms with Gasteiger partial charge in [0.1, 0.15) is 0 Å². The molecule has 0 N–H and O–H groups in total. The fourth-order valence-electron chi connectivity index (χ4n) is 4.59. The molecule has 1 aliphatic rings. The van der Waals surface area contributed by atoms with Gasteiger partial charge >= 0.3 is 0 Å². The Morgan fingerprint density at radius 2 is 1.91 bits per heavy atom. The molecule has 0 spiro atoms. The molecule has 0 saturated carbocycles. The molecule has 0 unspecified atom stereocenters. The van der Waals surface area contributed by atoms with E-state index in [1.165, 1.54) is 22.4 Å². The first-order valence-corrected chi connectivity index (χ1v) is 11.2. The number of nitrogens with zero attached hydrogens (tertiary/aromatic N) is 5. The minimum absolute atomic E-state index is 0.246. The minimum atomic E-state index is -0.246. The molecular formula is C27H29N5. The zero-order valence-electron chi connectivity index (χ0n) is 18.7. The van der Waals surface area contributed by atoms with E-state index in [1.54, 1.807) is 0 Å². The van der Waals surface area contributed by atoms with Crippen molar-refractivity contribution in [3.05, 3.63) is 94.9 Å². The van der Waals surface area contributed by atoms with Crippen LogP contribution in [-0.2, 0) is 19.4 Å². The van der Waals surface area contributed by atoms with Crippen LogP contribution in [0, 0.1) is 30.2 Å². The topological polar surface area (TPSA) is 49.2 Å². The summed E-state index contributed by atoms with van der Waals surface area (Å²) in [5.74, 6) is 0. The molecule has 1 fully saturated rings. The van der Waals surface area contributed by atoms with E-state index in [0.29, 0.717) is 5.69 Å². The van der Waals surface area contributed by atoms with Crippen molar-refractivity contribution in [3.63, 3.8) is 0 Å².